The van der Waals surface area contributed by atoms with E-state index in [2.05, 4.69) is 27.7 Å². The van der Waals surface area contributed by atoms with Crippen molar-refractivity contribution < 1.29 is 9.59 Å². The molecule has 0 spiro atoms. The second-order valence-corrected chi connectivity index (χ2v) is 5.83. The number of benzene rings is 1. The Morgan fingerprint density at radius 3 is 2.73 bits per heavy atom. The Kier molecular flexibility index (Phi) is 4.29. The van der Waals surface area contributed by atoms with Crippen LogP contribution in [0.1, 0.15) is 12.8 Å². The summed E-state index contributed by atoms with van der Waals surface area (Å²) >= 11 is 0. The van der Waals surface area contributed by atoms with Gasteiger partial charge in [0.05, 0.1) is 0 Å². The molecular weight excluding hydrogens is 280 g/mol. The van der Waals surface area contributed by atoms with Gasteiger partial charge in [-0.1, -0.05) is 6.07 Å². The number of piperazine rings is 1. The third kappa shape index (κ3) is 3.06. The van der Waals surface area contributed by atoms with Crippen LogP contribution in [0.25, 0.3) is 0 Å². The number of nitrogens with zero attached hydrogens (tertiary/aromatic N) is 2. The summed E-state index contributed by atoms with van der Waals surface area (Å²) in [4.78, 5) is 27.6. The lowest BCUT2D eigenvalue weighted by Crippen LogP contribution is -2.51. The van der Waals surface area contributed by atoms with E-state index in [0.717, 1.165) is 31.9 Å². The first kappa shape index (κ1) is 14.8. The third-order valence-corrected chi connectivity index (χ3v) is 4.40. The van der Waals surface area contributed by atoms with E-state index in [-0.39, 0.29) is 17.9 Å². The van der Waals surface area contributed by atoms with E-state index in [0.29, 0.717) is 12.8 Å². The van der Waals surface area contributed by atoms with Crippen LogP contribution in [-0.4, -0.2) is 51.1 Å². The summed E-state index contributed by atoms with van der Waals surface area (Å²) in [5.41, 5.74) is 2.18. The zero-order valence-corrected chi connectivity index (χ0v) is 12.8. The van der Waals surface area contributed by atoms with Gasteiger partial charge in [-0.2, -0.15) is 0 Å². The van der Waals surface area contributed by atoms with Gasteiger partial charge in [-0.25, -0.2) is 0 Å². The smallest absolute Gasteiger partial charge is 0.249 e. The zero-order chi connectivity index (χ0) is 15.5. The summed E-state index contributed by atoms with van der Waals surface area (Å²) in [5, 5.41) is 5.77. The van der Waals surface area contributed by atoms with E-state index >= 15 is 0 Å². The van der Waals surface area contributed by atoms with E-state index in [4.69, 9.17) is 0 Å². The summed E-state index contributed by atoms with van der Waals surface area (Å²) in [6.45, 7) is 3.97. The molecule has 2 aliphatic heterocycles. The second kappa shape index (κ2) is 6.36. The number of carbonyl (C=O) groups excluding carboxylic acids is 2. The van der Waals surface area contributed by atoms with Gasteiger partial charge in [0.1, 0.15) is 6.04 Å². The topological polar surface area (TPSA) is 64.7 Å². The van der Waals surface area contributed by atoms with Crippen LogP contribution in [0.3, 0.4) is 0 Å². The Balaban J connectivity index is 1.76. The van der Waals surface area contributed by atoms with Gasteiger partial charge in [-0.05, 0) is 24.6 Å². The molecule has 2 amide bonds. The molecule has 1 atom stereocenters. The molecule has 2 N–H and O–H groups in total. The number of imide groups is 1. The Hall–Kier alpha value is -2.08. The van der Waals surface area contributed by atoms with Crippen LogP contribution in [0.5, 0.6) is 0 Å². The highest BCUT2D eigenvalue weighted by Gasteiger charge is 2.30. The fraction of sp³-hybridized carbons (Fsp3) is 0.500. The molecule has 22 heavy (non-hydrogen) atoms. The van der Waals surface area contributed by atoms with Gasteiger partial charge in [0, 0.05) is 51.0 Å². The Morgan fingerprint density at radius 2 is 2.00 bits per heavy atom. The molecule has 2 saturated heterocycles. The van der Waals surface area contributed by atoms with Crippen LogP contribution in [0.2, 0.25) is 0 Å². The lowest BCUT2D eigenvalue weighted by atomic mass is 10.0. The highest BCUT2D eigenvalue weighted by atomic mass is 16.2. The second-order valence-electron chi connectivity index (χ2n) is 5.83. The van der Waals surface area contributed by atoms with Crippen molar-refractivity contribution in [3.63, 3.8) is 0 Å². The van der Waals surface area contributed by atoms with Gasteiger partial charge in [0.25, 0.3) is 0 Å². The summed E-state index contributed by atoms with van der Waals surface area (Å²) in [5.74, 6) is -0.379. The van der Waals surface area contributed by atoms with Crippen molar-refractivity contribution >= 4 is 23.2 Å². The maximum atomic E-state index is 12.0. The highest BCUT2D eigenvalue weighted by molar-refractivity contribution is 6.01. The van der Waals surface area contributed by atoms with Crippen molar-refractivity contribution in [3.8, 4) is 0 Å². The van der Waals surface area contributed by atoms with Gasteiger partial charge in [0.15, 0.2) is 0 Å². The predicted octanol–water partition coefficient (Wildman–Crippen LogP) is 0.338. The van der Waals surface area contributed by atoms with E-state index in [1.54, 1.807) is 0 Å². The molecular formula is C16H22N4O2. The minimum absolute atomic E-state index is 0.177. The average Bonchev–Trinajstić information content (AvgIpc) is 2.55. The Morgan fingerprint density at radius 1 is 1.23 bits per heavy atom. The van der Waals surface area contributed by atoms with E-state index < -0.39 is 0 Å². The molecule has 0 radical (unpaired) electrons. The predicted molar refractivity (Wildman–Crippen MR) is 86.1 cm³/mol. The molecule has 1 unspecified atom stereocenters. The SMILES string of the molecule is CN(c1cccc(N2CCNCC2)c1)C1CCC(=O)NC1=O. The van der Waals surface area contributed by atoms with Crippen LogP contribution >= 0.6 is 0 Å². The first-order valence-electron chi connectivity index (χ1n) is 7.77. The number of hydrogen-bond acceptors (Lipinski definition) is 5. The molecule has 1 aromatic carbocycles. The molecule has 118 valence electrons. The fourth-order valence-corrected chi connectivity index (χ4v) is 3.06. The average molecular weight is 302 g/mol. The first-order chi connectivity index (χ1) is 10.6. The van der Waals surface area contributed by atoms with Crippen LogP contribution < -0.4 is 20.4 Å². The molecule has 0 bridgehead atoms. The number of piperidine rings is 1. The van der Waals surface area contributed by atoms with Crippen molar-refractivity contribution in [2.24, 2.45) is 0 Å². The molecule has 0 aromatic heterocycles. The minimum atomic E-state index is -0.282. The molecule has 2 aliphatic rings. The number of rotatable bonds is 3. The lowest BCUT2D eigenvalue weighted by molar-refractivity contribution is -0.134. The number of anilines is 2. The van der Waals surface area contributed by atoms with Crippen molar-refractivity contribution in [3.05, 3.63) is 24.3 Å². The first-order valence-corrected chi connectivity index (χ1v) is 7.77. The number of likely N-dealkylation sites (N-methyl/N-ethyl adjacent to an activating group) is 1. The molecule has 6 nitrogen and oxygen atoms in total. The maximum absolute atomic E-state index is 12.0. The summed E-state index contributed by atoms with van der Waals surface area (Å²) in [6.07, 6.45) is 0.970. The largest absolute Gasteiger partial charge is 0.369 e. The standard InChI is InChI=1S/C16H22N4O2/c1-19(14-5-6-15(21)18-16(14)22)12-3-2-4-13(11-12)20-9-7-17-8-10-20/h2-4,11,14,17H,5-10H2,1H3,(H,18,21,22). The molecule has 2 heterocycles. The number of nitrogens with one attached hydrogen (secondary N) is 2. The fourth-order valence-electron chi connectivity index (χ4n) is 3.06. The van der Waals surface area contributed by atoms with Gasteiger partial charge >= 0.3 is 0 Å². The number of amides is 2. The quantitative estimate of drug-likeness (QED) is 0.788. The number of carbonyl (C=O) groups is 2. The Bertz CT molecular complexity index is 569. The third-order valence-electron chi connectivity index (χ3n) is 4.40. The van der Waals surface area contributed by atoms with Crippen molar-refractivity contribution in [1.82, 2.24) is 10.6 Å². The van der Waals surface area contributed by atoms with E-state index in [1.807, 2.05) is 24.1 Å². The van der Waals surface area contributed by atoms with Crippen LogP contribution in [0.15, 0.2) is 24.3 Å². The highest BCUT2D eigenvalue weighted by Crippen LogP contribution is 2.25. The van der Waals surface area contributed by atoms with E-state index in [9.17, 15) is 9.59 Å². The molecule has 1 aromatic rings. The zero-order valence-electron chi connectivity index (χ0n) is 12.8. The minimum Gasteiger partial charge on any atom is -0.369 e. The maximum Gasteiger partial charge on any atom is 0.249 e. The van der Waals surface area contributed by atoms with Crippen LogP contribution in [-0.2, 0) is 9.59 Å². The number of hydrogen-bond donors (Lipinski definition) is 2. The normalized spacial score (nSPS) is 22.4. The monoisotopic (exact) mass is 302 g/mol. The van der Waals surface area contributed by atoms with Crippen molar-refractivity contribution in [2.45, 2.75) is 18.9 Å². The van der Waals surface area contributed by atoms with Crippen molar-refractivity contribution in [2.75, 3.05) is 43.0 Å². The summed E-state index contributed by atoms with van der Waals surface area (Å²) < 4.78 is 0. The van der Waals surface area contributed by atoms with Crippen LogP contribution in [0.4, 0.5) is 11.4 Å². The molecule has 6 heteroatoms. The van der Waals surface area contributed by atoms with Crippen molar-refractivity contribution in [1.29, 1.82) is 0 Å². The molecule has 2 fully saturated rings. The summed E-state index contributed by atoms with van der Waals surface area (Å²) in [6, 6.07) is 7.98. The van der Waals surface area contributed by atoms with Gasteiger partial charge in [-0.15, -0.1) is 0 Å². The van der Waals surface area contributed by atoms with E-state index in [1.165, 1.54) is 5.69 Å². The Labute approximate surface area is 130 Å². The summed E-state index contributed by atoms with van der Waals surface area (Å²) in [7, 11) is 1.91. The van der Waals surface area contributed by atoms with Gasteiger partial charge in [0.2, 0.25) is 11.8 Å². The van der Waals surface area contributed by atoms with Gasteiger partial charge in [-0.3, -0.25) is 14.9 Å². The lowest BCUT2D eigenvalue weighted by Gasteiger charge is -2.33. The molecule has 0 saturated carbocycles. The van der Waals surface area contributed by atoms with Gasteiger partial charge < -0.3 is 15.1 Å². The van der Waals surface area contributed by atoms with Crippen LogP contribution in [0, 0.1) is 0 Å². The molecule has 0 aliphatic carbocycles. The molecule has 3 rings (SSSR count).